The third-order valence-corrected chi connectivity index (χ3v) is 2.10. The zero-order valence-electron chi connectivity index (χ0n) is 7.77. The van der Waals surface area contributed by atoms with Crippen LogP contribution in [0.4, 0.5) is 0 Å². The van der Waals surface area contributed by atoms with Crippen molar-refractivity contribution < 1.29 is 0 Å². The molecule has 0 fully saturated rings. The van der Waals surface area contributed by atoms with Crippen LogP contribution >= 0.6 is 0 Å². The highest BCUT2D eigenvalue weighted by Gasteiger charge is 1.99. The third kappa shape index (κ3) is 1.80. The molecule has 14 heavy (non-hydrogen) atoms. The van der Waals surface area contributed by atoms with Crippen molar-refractivity contribution in [3.05, 3.63) is 36.0 Å². The maximum atomic E-state index is 5.47. The van der Waals surface area contributed by atoms with Gasteiger partial charge in [0.2, 0.25) is 0 Å². The number of H-pyrrole nitrogens is 1. The minimum absolute atomic E-state index is 0.684. The van der Waals surface area contributed by atoms with Gasteiger partial charge in [0.05, 0.1) is 0 Å². The normalized spacial score (nSPS) is 10.4. The molecule has 2 aromatic rings. The molecule has 0 aliphatic rings. The van der Waals surface area contributed by atoms with Crippen LogP contribution < -0.4 is 5.73 Å². The number of nitrogens with one attached hydrogen (secondary N) is 1. The summed E-state index contributed by atoms with van der Waals surface area (Å²) in [5, 5.41) is 10.3. The third-order valence-electron chi connectivity index (χ3n) is 2.10. The fourth-order valence-corrected chi connectivity index (χ4v) is 1.35. The van der Waals surface area contributed by atoms with E-state index in [0.717, 1.165) is 17.7 Å². The number of benzene rings is 1. The molecule has 0 spiro atoms. The van der Waals surface area contributed by atoms with Crippen LogP contribution in [0, 0.1) is 0 Å². The number of hydrogen-bond acceptors (Lipinski definition) is 3. The predicted molar refractivity (Wildman–Crippen MR) is 54.6 cm³/mol. The van der Waals surface area contributed by atoms with Gasteiger partial charge in [-0.15, -0.1) is 5.10 Å². The van der Waals surface area contributed by atoms with Crippen molar-refractivity contribution >= 4 is 0 Å². The summed E-state index contributed by atoms with van der Waals surface area (Å²) in [6.07, 6.45) is 2.69. The lowest BCUT2D eigenvalue weighted by Gasteiger charge is -1.99. The van der Waals surface area contributed by atoms with Crippen LogP contribution in [0.25, 0.3) is 11.3 Å². The molecule has 0 radical (unpaired) electrons. The highest BCUT2D eigenvalue weighted by Crippen LogP contribution is 2.15. The number of aromatic amines is 1. The topological polar surface area (TPSA) is 67.6 Å². The van der Waals surface area contributed by atoms with Crippen LogP contribution in [0.15, 0.2) is 30.5 Å². The quantitative estimate of drug-likeness (QED) is 0.754. The average molecular weight is 188 g/mol. The lowest BCUT2D eigenvalue weighted by Crippen LogP contribution is -2.02. The highest BCUT2D eigenvalue weighted by molar-refractivity contribution is 5.57. The Morgan fingerprint density at radius 3 is 2.57 bits per heavy atom. The first-order valence-electron chi connectivity index (χ1n) is 4.56. The molecule has 4 nitrogen and oxygen atoms in total. The van der Waals surface area contributed by atoms with Gasteiger partial charge in [-0.05, 0) is 18.5 Å². The zero-order chi connectivity index (χ0) is 9.80. The number of nitrogens with two attached hydrogens (primary N) is 1. The summed E-state index contributed by atoms with van der Waals surface area (Å²) in [5.74, 6) is 0. The molecule has 0 amide bonds. The second-order valence-electron chi connectivity index (χ2n) is 3.09. The molecule has 2 rings (SSSR count). The van der Waals surface area contributed by atoms with Crippen molar-refractivity contribution in [2.75, 3.05) is 6.54 Å². The first-order valence-corrected chi connectivity index (χ1v) is 4.56. The van der Waals surface area contributed by atoms with Crippen molar-refractivity contribution in [1.29, 1.82) is 0 Å². The van der Waals surface area contributed by atoms with E-state index in [1.54, 1.807) is 6.20 Å². The summed E-state index contributed by atoms with van der Waals surface area (Å²) >= 11 is 0. The van der Waals surface area contributed by atoms with Crippen LogP contribution in [0.1, 0.15) is 5.56 Å². The number of hydrogen-bond donors (Lipinski definition) is 2. The molecule has 1 aromatic carbocycles. The Morgan fingerprint density at radius 2 is 2.00 bits per heavy atom. The fraction of sp³-hybridized carbons (Fsp3) is 0.200. The summed E-state index contributed by atoms with van der Waals surface area (Å²) in [4.78, 5) is 0. The first-order chi connectivity index (χ1) is 6.90. The van der Waals surface area contributed by atoms with Gasteiger partial charge in [-0.3, -0.25) is 5.10 Å². The van der Waals surface area contributed by atoms with E-state index in [0.29, 0.717) is 6.54 Å². The van der Waals surface area contributed by atoms with E-state index < -0.39 is 0 Å². The summed E-state index contributed by atoms with van der Waals surface area (Å²) in [5.41, 5.74) is 8.65. The smallest absolute Gasteiger partial charge is 0.112 e. The maximum Gasteiger partial charge on any atom is 0.112 e. The zero-order valence-corrected chi connectivity index (χ0v) is 7.77. The molecule has 0 aliphatic carbocycles. The lowest BCUT2D eigenvalue weighted by atomic mass is 10.1. The molecule has 72 valence electrons. The van der Waals surface area contributed by atoms with Gasteiger partial charge in [0.15, 0.2) is 0 Å². The molecule has 0 saturated carbocycles. The monoisotopic (exact) mass is 188 g/mol. The first kappa shape index (κ1) is 8.90. The molecule has 1 aromatic heterocycles. The SMILES string of the molecule is NCCc1ccc(-c2c[nH]nn2)cc1. The Bertz CT molecular complexity index is 377. The van der Waals surface area contributed by atoms with E-state index in [4.69, 9.17) is 5.73 Å². The Labute approximate surface area is 82.1 Å². The second kappa shape index (κ2) is 4.02. The van der Waals surface area contributed by atoms with Crippen LogP contribution in [0.2, 0.25) is 0 Å². The van der Waals surface area contributed by atoms with E-state index >= 15 is 0 Å². The van der Waals surface area contributed by atoms with Crippen LogP contribution in [0.3, 0.4) is 0 Å². The summed E-state index contributed by atoms with van der Waals surface area (Å²) in [7, 11) is 0. The van der Waals surface area contributed by atoms with Gasteiger partial charge in [0, 0.05) is 11.8 Å². The predicted octanol–water partition coefficient (Wildman–Crippen LogP) is 0.973. The molecule has 3 N–H and O–H groups in total. The number of rotatable bonds is 3. The Morgan fingerprint density at radius 1 is 1.21 bits per heavy atom. The lowest BCUT2D eigenvalue weighted by molar-refractivity contribution is 0.942. The van der Waals surface area contributed by atoms with E-state index in [2.05, 4.69) is 27.5 Å². The minimum Gasteiger partial charge on any atom is -0.330 e. The molecule has 0 saturated heterocycles. The molecule has 4 heteroatoms. The van der Waals surface area contributed by atoms with Gasteiger partial charge in [-0.1, -0.05) is 29.5 Å². The van der Waals surface area contributed by atoms with E-state index in [1.807, 2.05) is 12.1 Å². The molecular weight excluding hydrogens is 176 g/mol. The summed E-state index contributed by atoms with van der Waals surface area (Å²) in [6, 6.07) is 8.19. The Kier molecular flexibility index (Phi) is 2.55. The van der Waals surface area contributed by atoms with Gasteiger partial charge in [0.25, 0.3) is 0 Å². The van der Waals surface area contributed by atoms with Crippen molar-refractivity contribution in [3.63, 3.8) is 0 Å². The van der Waals surface area contributed by atoms with Gasteiger partial charge < -0.3 is 5.73 Å². The highest BCUT2D eigenvalue weighted by atomic mass is 15.3. The van der Waals surface area contributed by atoms with Gasteiger partial charge in [-0.25, -0.2) is 0 Å². The van der Waals surface area contributed by atoms with Crippen LogP contribution in [-0.4, -0.2) is 22.0 Å². The summed E-state index contributed by atoms with van der Waals surface area (Å²) in [6.45, 7) is 0.684. The van der Waals surface area contributed by atoms with Gasteiger partial charge in [0.1, 0.15) is 5.69 Å². The van der Waals surface area contributed by atoms with Crippen LogP contribution in [0.5, 0.6) is 0 Å². The Hall–Kier alpha value is -1.68. The molecule has 0 aliphatic heterocycles. The van der Waals surface area contributed by atoms with Crippen molar-refractivity contribution in [1.82, 2.24) is 15.4 Å². The molecule has 0 unspecified atom stereocenters. The van der Waals surface area contributed by atoms with E-state index in [1.165, 1.54) is 5.56 Å². The number of aromatic nitrogens is 3. The van der Waals surface area contributed by atoms with Crippen LogP contribution in [-0.2, 0) is 6.42 Å². The van der Waals surface area contributed by atoms with E-state index in [9.17, 15) is 0 Å². The van der Waals surface area contributed by atoms with Gasteiger partial charge >= 0.3 is 0 Å². The van der Waals surface area contributed by atoms with Crippen molar-refractivity contribution in [3.8, 4) is 11.3 Å². The van der Waals surface area contributed by atoms with E-state index in [-0.39, 0.29) is 0 Å². The van der Waals surface area contributed by atoms with Crippen molar-refractivity contribution in [2.24, 2.45) is 5.73 Å². The van der Waals surface area contributed by atoms with Crippen molar-refractivity contribution in [2.45, 2.75) is 6.42 Å². The molecule has 0 atom stereocenters. The second-order valence-corrected chi connectivity index (χ2v) is 3.09. The molecule has 1 heterocycles. The maximum absolute atomic E-state index is 5.47. The largest absolute Gasteiger partial charge is 0.330 e. The summed E-state index contributed by atoms with van der Waals surface area (Å²) < 4.78 is 0. The Balaban J connectivity index is 2.22. The average Bonchev–Trinajstić information content (AvgIpc) is 2.72. The minimum atomic E-state index is 0.684. The molecular formula is C10H12N4. The number of nitrogens with zero attached hydrogens (tertiary/aromatic N) is 2. The molecule has 0 bridgehead atoms. The standard InChI is InChI=1S/C10H12N4/c11-6-5-8-1-3-9(4-2-8)10-7-12-14-13-10/h1-4,7H,5-6,11H2,(H,12,13,14). The fourth-order valence-electron chi connectivity index (χ4n) is 1.35. The van der Waals surface area contributed by atoms with Gasteiger partial charge in [-0.2, -0.15) is 0 Å².